The number of carbonyl (C=O) groups is 3. The third-order valence-electron chi connectivity index (χ3n) is 6.91. The molecule has 42 heavy (non-hydrogen) atoms. The number of rotatable bonds is 7. The van der Waals surface area contributed by atoms with Gasteiger partial charge in [0.2, 0.25) is 10.0 Å². The molecule has 2 N–H and O–H groups in total. The molecule has 0 bridgehead atoms. The highest BCUT2D eigenvalue weighted by molar-refractivity contribution is 7.92. The summed E-state index contributed by atoms with van der Waals surface area (Å²) < 4.78 is 58.2. The van der Waals surface area contributed by atoms with Crippen LogP contribution in [0.15, 0.2) is 40.8 Å². The Balaban J connectivity index is 1.91. The predicted octanol–water partition coefficient (Wildman–Crippen LogP) is 4.63. The number of fused-ring (bicyclic) bond motifs is 1. The van der Waals surface area contributed by atoms with Crippen LogP contribution in [0.5, 0.6) is 0 Å². The quantitative estimate of drug-likeness (QED) is 0.372. The molecule has 1 aromatic heterocycles. The number of likely N-dealkylation sites (tertiary alicyclic amines) is 1. The van der Waals surface area contributed by atoms with Crippen molar-refractivity contribution in [2.75, 3.05) is 31.2 Å². The van der Waals surface area contributed by atoms with E-state index < -0.39 is 51.4 Å². The van der Waals surface area contributed by atoms with Crippen LogP contribution in [-0.4, -0.2) is 69.4 Å². The Bertz CT molecular complexity index is 1630. The highest BCUT2D eigenvalue weighted by atomic mass is 32.2. The van der Waals surface area contributed by atoms with Gasteiger partial charge >= 0.3 is 12.1 Å². The Morgan fingerprint density at radius 3 is 2.38 bits per heavy atom. The third kappa shape index (κ3) is 6.35. The second-order valence-corrected chi connectivity index (χ2v) is 12.9. The van der Waals surface area contributed by atoms with Crippen molar-refractivity contribution in [3.05, 3.63) is 53.3 Å². The van der Waals surface area contributed by atoms with E-state index in [1.54, 1.807) is 26.8 Å². The molecular weight excluding hydrogens is 569 g/mol. The van der Waals surface area contributed by atoms with Gasteiger partial charge in [0.05, 0.1) is 24.1 Å². The van der Waals surface area contributed by atoms with Gasteiger partial charge in [0.15, 0.2) is 0 Å². The first kappa shape index (κ1) is 30.8. The molecule has 1 saturated heterocycles. The maximum atomic E-state index is 13.7. The lowest BCUT2D eigenvalue weighted by Gasteiger charge is -2.27. The maximum absolute atomic E-state index is 13.7. The summed E-state index contributed by atoms with van der Waals surface area (Å²) in [4.78, 5) is 40.2. The molecule has 0 radical (unpaired) electrons. The lowest BCUT2D eigenvalue weighted by molar-refractivity contribution is -0.145. The number of nitrogens with one attached hydrogen (secondary N) is 2. The van der Waals surface area contributed by atoms with Crippen LogP contribution in [0.1, 0.15) is 56.0 Å². The van der Waals surface area contributed by atoms with Gasteiger partial charge in [-0.2, -0.15) is 0 Å². The number of hydrogen-bond donors (Lipinski definition) is 2. The zero-order chi connectivity index (χ0) is 31.0. The SMILES string of the molecule is CCS(=O)(=O)Nc1cc2oc(-c3ccc(F)cc3)c(C(=O)NC)c2cc1C1CC(C(=O)OC)N(C(=O)OC(C)(C)C)C1. The number of anilines is 1. The van der Waals surface area contributed by atoms with E-state index in [4.69, 9.17) is 13.9 Å². The molecule has 1 fully saturated rings. The molecule has 0 spiro atoms. The topological polar surface area (TPSA) is 144 Å². The van der Waals surface area contributed by atoms with Gasteiger partial charge in [-0.25, -0.2) is 22.4 Å². The fraction of sp³-hybridized carbons (Fsp3) is 0.414. The minimum Gasteiger partial charge on any atom is -0.467 e. The monoisotopic (exact) mass is 603 g/mol. The van der Waals surface area contributed by atoms with Gasteiger partial charge in [-0.1, -0.05) is 0 Å². The van der Waals surface area contributed by atoms with Crippen molar-refractivity contribution in [1.82, 2.24) is 10.2 Å². The Morgan fingerprint density at radius 2 is 1.81 bits per heavy atom. The van der Waals surface area contributed by atoms with E-state index in [2.05, 4.69) is 10.0 Å². The average molecular weight is 604 g/mol. The number of hydrogen-bond acceptors (Lipinski definition) is 8. The van der Waals surface area contributed by atoms with E-state index >= 15 is 0 Å². The molecular formula is C29H34FN3O8S. The maximum Gasteiger partial charge on any atom is 0.411 e. The van der Waals surface area contributed by atoms with Crippen LogP contribution in [-0.2, 0) is 24.3 Å². The second kappa shape index (κ2) is 11.6. The van der Waals surface area contributed by atoms with E-state index in [9.17, 15) is 27.2 Å². The molecule has 2 aromatic carbocycles. The van der Waals surface area contributed by atoms with Gasteiger partial charge in [0, 0.05) is 36.5 Å². The van der Waals surface area contributed by atoms with Gasteiger partial charge in [-0.3, -0.25) is 14.4 Å². The molecule has 1 aliphatic heterocycles. The number of nitrogens with zero attached hydrogens (tertiary/aromatic N) is 1. The van der Waals surface area contributed by atoms with Gasteiger partial charge in [-0.15, -0.1) is 0 Å². The van der Waals surface area contributed by atoms with Crippen molar-refractivity contribution in [3.8, 4) is 11.3 Å². The van der Waals surface area contributed by atoms with Gasteiger partial charge in [-0.05, 0) is 70.0 Å². The summed E-state index contributed by atoms with van der Waals surface area (Å²) in [5, 5.41) is 2.96. The molecule has 0 saturated carbocycles. The van der Waals surface area contributed by atoms with Crippen molar-refractivity contribution in [3.63, 3.8) is 0 Å². The van der Waals surface area contributed by atoms with Crippen LogP contribution in [0.2, 0.25) is 0 Å². The van der Waals surface area contributed by atoms with Gasteiger partial charge in [0.1, 0.15) is 28.8 Å². The Labute approximate surface area is 243 Å². The van der Waals surface area contributed by atoms with Crippen molar-refractivity contribution in [1.29, 1.82) is 0 Å². The van der Waals surface area contributed by atoms with Crippen LogP contribution in [0.25, 0.3) is 22.3 Å². The molecule has 2 heterocycles. The molecule has 2 atom stereocenters. The highest BCUT2D eigenvalue weighted by Crippen LogP contribution is 2.42. The lowest BCUT2D eigenvalue weighted by atomic mass is 9.92. The van der Waals surface area contributed by atoms with Crippen molar-refractivity contribution >= 4 is 44.6 Å². The minimum absolute atomic E-state index is 0.0129. The minimum atomic E-state index is -3.77. The second-order valence-electron chi connectivity index (χ2n) is 10.9. The molecule has 0 aliphatic carbocycles. The van der Waals surface area contributed by atoms with Crippen molar-refractivity contribution in [2.45, 2.75) is 51.7 Å². The normalized spacial score (nSPS) is 17.3. The lowest BCUT2D eigenvalue weighted by Crippen LogP contribution is -2.43. The van der Waals surface area contributed by atoms with Crippen LogP contribution in [0, 0.1) is 5.82 Å². The summed E-state index contributed by atoms with van der Waals surface area (Å²) in [7, 11) is -1.10. The van der Waals surface area contributed by atoms with Crippen LogP contribution < -0.4 is 10.0 Å². The summed E-state index contributed by atoms with van der Waals surface area (Å²) in [5.74, 6) is -2.19. The number of methoxy groups -OCH3 is 1. The zero-order valence-electron chi connectivity index (χ0n) is 24.2. The van der Waals surface area contributed by atoms with Crippen molar-refractivity contribution < 1.29 is 41.1 Å². The molecule has 4 rings (SSSR count). The molecule has 2 amide bonds. The smallest absolute Gasteiger partial charge is 0.411 e. The van der Waals surface area contributed by atoms with Crippen LogP contribution in [0.4, 0.5) is 14.9 Å². The van der Waals surface area contributed by atoms with Crippen molar-refractivity contribution in [2.24, 2.45) is 0 Å². The molecule has 226 valence electrons. The number of carbonyl (C=O) groups excluding carboxylic acids is 3. The van der Waals surface area contributed by atoms with E-state index in [1.807, 2.05) is 0 Å². The van der Waals surface area contributed by atoms with E-state index in [-0.39, 0.29) is 41.3 Å². The number of esters is 1. The van der Waals surface area contributed by atoms with Gasteiger partial charge < -0.3 is 19.2 Å². The number of benzene rings is 2. The molecule has 13 heteroatoms. The number of ether oxygens (including phenoxy) is 2. The molecule has 3 aromatic rings. The highest BCUT2D eigenvalue weighted by Gasteiger charge is 2.43. The fourth-order valence-corrected chi connectivity index (χ4v) is 5.58. The van der Waals surface area contributed by atoms with Gasteiger partial charge in [0.25, 0.3) is 5.91 Å². The number of halogens is 1. The van der Waals surface area contributed by atoms with E-state index in [0.29, 0.717) is 16.5 Å². The Kier molecular flexibility index (Phi) is 8.53. The van der Waals surface area contributed by atoms with Crippen LogP contribution in [0.3, 0.4) is 0 Å². The number of furan rings is 1. The number of amides is 2. The van der Waals surface area contributed by atoms with E-state index in [0.717, 1.165) is 0 Å². The summed E-state index contributed by atoms with van der Waals surface area (Å²) >= 11 is 0. The summed E-state index contributed by atoms with van der Waals surface area (Å²) in [6, 6.07) is 7.52. The van der Waals surface area contributed by atoms with E-state index in [1.165, 1.54) is 56.3 Å². The molecule has 11 nitrogen and oxygen atoms in total. The average Bonchev–Trinajstić information content (AvgIpc) is 3.53. The first-order chi connectivity index (χ1) is 19.7. The molecule has 2 unspecified atom stereocenters. The Hall–Kier alpha value is -4.13. The predicted molar refractivity (Wildman–Crippen MR) is 154 cm³/mol. The summed E-state index contributed by atoms with van der Waals surface area (Å²) in [6.45, 7) is 6.61. The third-order valence-corrected chi connectivity index (χ3v) is 8.20. The first-order valence-electron chi connectivity index (χ1n) is 13.3. The summed E-state index contributed by atoms with van der Waals surface area (Å²) in [6.07, 6.45) is -0.610. The number of sulfonamides is 1. The zero-order valence-corrected chi connectivity index (χ0v) is 25.1. The first-order valence-corrected chi connectivity index (χ1v) is 15.0. The molecule has 1 aliphatic rings. The summed E-state index contributed by atoms with van der Waals surface area (Å²) in [5.41, 5.74) is 0.593. The Morgan fingerprint density at radius 1 is 1.14 bits per heavy atom. The van der Waals surface area contributed by atoms with Crippen LogP contribution >= 0.6 is 0 Å². The fourth-order valence-electron chi connectivity index (χ4n) is 4.92. The largest absolute Gasteiger partial charge is 0.467 e. The standard InChI is InChI=1S/C29H34FN3O8S/c1-7-42(37,38)32-21-14-23-20(24(26(34)31-5)25(40-23)16-8-10-18(30)11-9-16)13-19(21)17-12-22(27(35)39-6)33(15-17)28(36)41-29(2,3)4/h8-11,13-14,17,22,32H,7,12,15H2,1-6H3,(H,31,34).